The van der Waals surface area contributed by atoms with Crippen LogP contribution >= 0.6 is 0 Å². The molecular weight excluding hydrogens is 827 g/mol. The molecule has 2 atom stereocenters. The lowest BCUT2D eigenvalue weighted by Crippen LogP contribution is -2.45. The largest absolute Gasteiger partial charge is 0.466 e. The van der Waals surface area contributed by atoms with E-state index in [1.807, 2.05) is 6.08 Å². The van der Waals surface area contributed by atoms with E-state index in [1.54, 1.807) is 6.08 Å². The van der Waals surface area contributed by atoms with Gasteiger partial charge in [-0.25, -0.2) is 0 Å². The molecule has 0 aromatic heterocycles. The fourth-order valence-electron chi connectivity index (χ4n) is 9.64. The lowest BCUT2D eigenvalue weighted by atomic mass is 10.0. The molecule has 6 nitrogen and oxygen atoms in total. The molecule has 2 unspecified atom stereocenters. The van der Waals surface area contributed by atoms with Crippen LogP contribution in [0.3, 0.4) is 0 Å². The van der Waals surface area contributed by atoms with Gasteiger partial charge < -0.3 is 20.3 Å². The van der Waals surface area contributed by atoms with Crippen LogP contribution in [0.15, 0.2) is 12.2 Å². The minimum Gasteiger partial charge on any atom is -0.466 e. The molecule has 1 amide bonds. The van der Waals surface area contributed by atoms with Crippen LogP contribution in [-0.4, -0.2) is 47.4 Å². The van der Waals surface area contributed by atoms with Gasteiger partial charge in [-0.1, -0.05) is 309 Å². The smallest absolute Gasteiger partial charge is 0.305 e. The molecule has 0 heterocycles. The summed E-state index contributed by atoms with van der Waals surface area (Å²) in [7, 11) is 0. The van der Waals surface area contributed by atoms with E-state index < -0.39 is 12.1 Å². The molecule has 3 N–H and O–H groups in total. The average molecular weight is 947 g/mol. The summed E-state index contributed by atoms with van der Waals surface area (Å²) in [5.74, 6) is -0.0746. The van der Waals surface area contributed by atoms with E-state index in [1.165, 1.54) is 257 Å². The summed E-state index contributed by atoms with van der Waals surface area (Å²) in [4.78, 5) is 24.5. The molecule has 0 bridgehead atoms. The summed E-state index contributed by atoms with van der Waals surface area (Å²) >= 11 is 0. The van der Waals surface area contributed by atoms with Gasteiger partial charge in [0.05, 0.1) is 25.4 Å². The average Bonchev–Trinajstić information content (AvgIpc) is 3.33. The molecule has 0 aromatic rings. The second-order valence-corrected chi connectivity index (χ2v) is 21.0. The van der Waals surface area contributed by atoms with Gasteiger partial charge in [-0.3, -0.25) is 9.59 Å². The molecular formula is C61H119NO5. The molecule has 0 rings (SSSR count). The summed E-state index contributed by atoms with van der Waals surface area (Å²) in [6.45, 7) is 4.91. The predicted octanol–water partition coefficient (Wildman–Crippen LogP) is 18.9. The number of allylic oxidation sites excluding steroid dienone is 1. The van der Waals surface area contributed by atoms with E-state index in [2.05, 4.69) is 19.2 Å². The van der Waals surface area contributed by atoms with E-state index >= 15 is 0 Å². The fraction of sp³-hybridized carbons (Fsp3) is 0.934. The zero-order valence-electron chi connectivity index (χ0n) is 45.4. The highest BCUT2D eigenvalue weighted by Gasteiger charge is 2.18. The van der Waals surface area contributed by atoms with E-state index in [0.29, 0.717) is 19.4 Å². The third kappa shape index (κ3) is 53.8. The number of nitrogens with one attached hydrogen (secondary N) is 1. The Morgan fingerprint density at radius 3 is 1.01 bits per heavy atom. The number of amides is 1. The zero-order valence-corrected chi connectivity index (χ0v) is 45.4. The van der Waals surface area contributed by atoms with Gasteiger partial charge in [0.15, 0.2) is 0 Å². The summed E-state index contributed by atoms with van der Waals surface area (Å²) in [5.41, 5.74) is 0. The van der Waals surface area contributed by atoms with Gasteiger partial charge in [0.2, 0.25) is 5.91 Å². The number of esters is 1. The Morgan fingerprint density at radius 2 is 0.687 bits per heavy atom. The molecule has 6 heteroatoms. The van der Waals surface area contributed by atoms with E-state index in [-0.39, 0.29) is 18.5 Å². The number of rotatable bonds is 57. The first-order valence-corrected chi connectivity index (χ1v) is 30.5. The molecule has 0 radical (unpaired) electrons. The van der Waals surface area contributed by atoms with Gasteiger partial charge in [0.1, 0.15) is 0 Å². The highest BCUT2D eigenvalue weighted by atomic mass is 16.5. The lowest BCUT2D eigenvalue weighted by Gasteiger charge is -2.20. The quantitative estimate of drug-likeness (QED) is 0.0321. The SMILES string of the molecule is CCCCCCCCCCCCCCCCCCCCCC/C=C/C(O)C(CO)NC(=O)CCCCCCCCCCCCCCCCOC(=O)CCCCCCCCCCCCCCCC. The molecule has 0 aliphatic carbocycles. The van der Waals surface area contributed by atoms with Crippen LogP contribution < -0.4 is 5.32 Å². The van der Waals surface area contributed by atoms with Gasteiger partial charge >= 0.3 is 5.97 Å². The molecule has 398 valence electrons. The minimum absolute atomic E-state index is 0.000185. The Labute approximate surface area is 419 Å². The van der Waals surface area contributed by atoms with Crippen LogP contribution in [0, 0.1) is 0 Å². The molecule has 0 spiro atoms. The van der Waals surface area contributed by atoms with Crippen LogP contribution in [0.4, 0.5) is 0 Å². The highest BCUT2D eigenvalue weighted by Crippen LogP contribution is 2.18. The number of carbonyl (C=O) groups excluding carboxylic acids is 2. The highest BCUT2D eigenvalue weighted by molar-refractivity contribution is 5.76. The van der Waals surface area contributed by atoms with Crippen molar-refractivity contribution in [3.05, 3.63) is 12.2 Å². The van der Waals surface area contributed by atoms with Crippen molar-refractivity contribution in [1.29, 1.82) is 0 Å². The third-order valence-corrected chi connectivity index (χ3v) is 14.3. The predicted molar refractivity (Wildman–Crippen MR) is 292 cm³/mol. The van der Waals surface area contributed by atoms with Gasteiger partial charge in [0.25, 0.3) is 0 Å². The zero-order chi connectivity index (χ0) is 48.6. The molecule has 0 aliphatic heterocycles. The van der Waals surface area contributed by atoms with Gasteiger partial charge in [-0.05, 0) is 32.1 Å². The number of carbonyl (C=O) groups is 2. The van der Waals surface area contributed by atoms with Crippen molar-refractivity contribution in [1.82, 2.24) is 5.32 Å². The maximum Gasteiger partial charge on any atom is 0.305 e. The summed E-state index contributed by atoms with van der Waals surface area (Å²) in [5, 5.41) is 23.2. The standard InChI is InChI=1S/C61H119NO5/c1-3-5-7-9-11-13-15-17-19-20-21-22-23-24-25-26-29-33-37-41-45-49-53-59(64)58(57-63)62-60(65)54-50-46-42-38-34-30-27-28-32-36-40-44-48-52-56-67-61(66)55-51-47-43-39-35-31-18-16-14-12-10-8-6-4-2/h49,53,58-59,63-64H,3-48,50-52,54-57H2,1-2H3,(H,62,65)/b53-49+. The molecule has 0 aliphatic rings. The summed E-state index contributed by atoms with van der Waals surface area (Å²) in [6, 6.07) is -0.636. The van der Waals surface area contributed by atoms with Crippen LogP contribution in [0.1, 0.15) is 341 Å². The van der Waals surface area contributed by atoms with Crippen molar-refractivity contribution in [2.24, 2.45) is 0 Å². The maximum absolute atomic E-state index is 12.5. The normalized spacial score (nSPS) is 12.6. The summed E-state index contributed by atoms with van der Waals surface area (Å²) < 4.78 is 5.48. The molecule has 0 aromatic carbocycles. The number of ether oxygens (including phenoxy) is 1. The molecule has 0 saturated heterocycles. The van der Waals surface area contributed by atoms with Crippen molar-refractivity contribution in [3.8, 4) is 0 Å². The first kappa shape index (κ1) is 65.6. The summed E-state index contributed by atoms with van der Waals surface area (Å²) in [6.07, 6.45) is 68.1. The van der Waals surface area contributed by atoms with Crippen LogP contribution in [0.25, 0.3) is 0 Å². The van der Waals surface area contributed by atoms with E-state index in [4.69, 9.17) is 4.74 Å². The topological polar surface area (TPSA) is 95.9 Å². The second kappa shape index (κ2) is 57.2. The van der Waals surface area contributed by atoms with E-state index in [0.717, 1.165) is 57.8 Å². The Balaban J connectivity index is 3.46. The maximum atomic E-state index is 12.5. The van der Waals surface area contributed by atoms with Crippen LogP contribution in [0.5, 0.6) is 0 Å². The number of aliphatic hydroxyl groups excluding tert-OH is 2. The van der Waals surface area contributed by atoms with E-state index in [9.17, 15) is 19.8 Å². The van der Waals surface area contributed by atoms with Gasteiger partial charge in [-0.2, -0.15) is 0 Å². The molecule has 67 heavy (non-hydrogen) atoms. The lowest BCUT2D eigenvalue weighted by molar-refractivity contribution is -0.143. The van der Waals surface area contributed by atoms with Gasteiger partial charge in [0, 0.05) is 12.8 Å². The monoisotopic (exact) mass is 946 g/mol. The van der Waals surface area contributed by atoms with Gasteiger partial charge in [-0.15, -0.1) is 0 Å². The third-order valence-electron chi connectivity index (χ3n) is 14.3. The second-order valence-electron chi connectivity index (χ2n) is 21.0. The fourth-order valence-corrected chi connectivity index (χ4v) is 9.64. The van der Waals surface area contributed by atoms with Crippen molar-refractivity contribution in [2.75, 3.05) is 13.2 Å². The number of aliphatic hydroxyl groups is 2. The number of hydrogen-bond donors (Lipinski definition) is 3. The van der Waals surface area contributed by atoms with Crippen molar-refractivity contribution >= 4 is 11.9 Å². The van der Waals surface area contributed by atoms with Crippen LogP contribution in [0.2, 0.25) is 0 Å². The van der Waals surface area contributed by atoms with Crippen molar-refractivity contribution in [2.45, 2.75) is 353 Å². The Morgan fingerprint density at radius 1 is 0.403 bits per heavy atom. The first-order chi connectivity index (χ1) is 33.0. The van der Waals surface area contributed by atoms with Crippen LogP contribution in [-0.2, 0) is 14.3 Å². The first-order valence-electron chi connectivity index (χ1n) is 30.5. The number of unbranched alkanes of at least 4 members (excludes halogenated alkanes) is 46. The van der Waals surface area contributed by atoms with Crippen molar-refractivity contribution in [3.63, 3.8) is 0 Å². The van der Waals surface area contributed by atoms with Crippen molar-refractivity contribution < 1.29 is 24.5 Å². The Hall–Kier alpha value is -1.40. The number of hydrogen-bond acceptors (Lipinski definition) is 5. The Kier molecular flexibility index (Phi) is 56.0. The molecule has 0 saturated carbocycles. The Bertz CT molecular complexity index is 1000. The minimum atomic E-state index is -0.851. The molecule has 0 fully saturated rings.